The van der Waals surface area contributed by atoms with E-state index in [-0.39, 0.29) is 24.3 Å². The Kier molecular flexibility index (Phi) is 10.2. The quantitative estimate of drug-likeness (QED) is 0.311. The van der Waals surface area contributed by atoms with Crippen LogP contribution in [0.4, 0.5) is 17.1 Å². The largest absolute Gasteiger partial charge is 0.369 e. The number of primary amides is 1. The number of hydrogen-bond donors (Lipinski definition) is 2. The number of nitrogens with zero attached hydrogens (tertiary/aromatic N) is 2. The van der Waals surface area contributed by atoms with E-state index in [0.717, 1.165) is 29.0 Å². The van der Waals surface area contributed by atoms with Gasteiger partial charge in [0.25, 0.3) is 5.91 Å². The van der Waals surface area contributed by atoms with Crippen LogP contribution in [0, 0.1) is 17.8 Å². The molecule has 7 heteroatoms. The molecule has 41 heavy (non-hydrogen) atoms. The molecule has 0 aliphatic carbocycles. The van der Waals surface area contributed by atoms with Gasteiger partial charge in [-0.05, 0) is 55.0 Å². The van der Waals surface area contributed by atoms with Crippen LogP contribution in [0.5, 0.6) is 0 Å². The summed E-state index contributed by atoms with van der Waals surface area (Å²) in [6, 6.07) is 27.0. The zero-order valence-electron chi connectivity index (χ0n) is 24.3. The third-order valence-electron chi connectivity index (χ3n) is 7.76. The van der Waals surface area contributed by atoms with Gasteiger partial charge in [-0.2, -0.15) is 0 Å². The average Bonchev–Trinajstić information content (AvgIpc) is 3.08. The molecule has 3 aromatic rings. The fourth-order valence-electron chi connectivity index (χ4n) is 5.76. The number of benzene rings is 3. The van der Waals surface area contributed by atoms with E-state index >= 15 is 0 Å². The number of nitrogens with two attached hydrogens (primary N) is 1. The first-order valence-electron chi connectivity index (χ1n) is 14.7. The lowest BCUT2D eigenvalue weighted by atomic mass is 9.81. The van der Waals surface area contributed by atoms with Crippen LogP contribution in [-0.4, -0.2) is 36.9 Å². The third-order valence-corrected chi connectivity index (χ3v) is 7.76. The lowest BCUT2D eigenvalue weighted by Crippen LogP contribution is -2.54. The molecule has 3 amide bonds. The van der Waals surface area contributed by atoms with Gasteiger partial charge in [0.1, 0.15) is 6.04 Å². The van der Waals surface area contributed by atoms with E-state index in [2.05, 4.69) is 22.3 Å². The predicted octanol–water partition coefficient (Wildman–Crippen LogP) is 5.46. The van der Waals surface area contributed by atoms with Gasteiger partial charge in [0.15, 0.2) is 0 Å². The smallest absolute Gasteiger partial charge is 0.251 e. The molecule has 0 aromatic heterocycles. The molecule has 0 saturated carbocycles. The second kappa shape index (κ2) is 14.0. The normalized spacial score (nSPS) is 16.6. The van der Waals surface area contributed by atoms with Gasteiger partial charge in [0.05, 0.1) is 17.9 Å². The average molecular weight is 555 g/mol. The fraction of sp³-hybridized carbons (Fsp3) is 0.382. The number of carbonyl (C=O) groups excluding carboxylic acids is 3. The van der Waals surface area contributed by atoms with Gasteiger partial charge >= 0.3 is 0 Å². The Morgan fingerprint density at radius 2 is 1.51 bits per heavy atom. The highest BCUT2D eigenvalue weighted by Crippen LogP contribution is 2.37. The number of hydrogen-bond acceptors (Lipinski definition) is 4. The fourth-order valence-corrected chi connectivity index (χ4v) is 5.76. The molecule has 1 aliphatic heterocycles. The molecule has 4 rings (SSSR count). The zero-order valence-corrected chi connectivity index (χ0v) is 24.3. The molecule has 3 N–H and O–H groups in total. The van der Waals surface area contributed by atoms with E-state index in [1.165, 1.54) is 0 Å². The highest BCUT2D eigenvalue weighted by molar-refractivity contribution is 6.04. The summed E-state index contributed by atoms with van der Waals surface area (Å²) in [4.78, 5) is 44.6. The molecular formula is C34H42N4O3. The van der Waals surface area contributed by atoms with Crippen molar-refractivity contribution < 1.29 is 14.4 Å². The van der Waals surface area contributed by atoms with Crippen molar-refractivity contribution in [2.45, 2.75) is 52.5 Å². The summed E-state index contributed by atoms with van der Waals surface area (Å²) in [5.41, 5.74) is 9.55. The van der Waals surface area contributed by atoms with Gasteiger partial charge in [0.2, 0.25) is 11.8 Å². The molecule has 1 aliphatic rings. The molecule has 0 radical (unpaired) electrons. The van der Waals surface area contributed by atoms with Crippen molar-refractivity contribution in [3.63, 3.8) is 0 Å². The van der Waals surface area contributed by atoms with Gasteiger partial charge < -0.3 is 20.9 Å². The molecule has 0 saturated heterocycles. The number of rotatable bonds is 12. The van der Waals surface area contributed by atoms with Crippen LogP contribution >= 0.6 is 0 Å². The zero-order chi connectivity index (χ0) is 29.4. The summed E-state index contributed by atoms with van der Waals surface area (Å²) in [5, 5.41) is 3.09. The number of amides is 3. The molecule has 216 valence electrons. The van der Waals surface area contributed by atoms with Crippen LogP contribution in [0.1, 0.15) is 45.6 Å². The molecule has 1 unspecified atom stereocenters. The van der Waals surface area contributed by atoms with Crippen molar-refractivity contribution >= 4 is 34.8 Å². The minimum absolute atomic E-state index is 0.172. The van der Waals surface area contributed by atoms with Gasteiger partial charge in [-0.3, -0.25) is 14.4 Å². The van der Waals surface area contributed by atoms with E-state index < -0.39 is 23.8 Å². The second-order valence-corrected chi connectivity index (χ2v) is 11.3. The van der Waals surface area contributed by atoms with Crippen molar-refractivity contribution in [3.05, 3.63) is 90.5 Å². The van der Waals surface area contributed by atoms with E-state index in [1.54, 1.807) is 4.90 Å². The number of anilines is 3. The van der Waals surface area contributed by atoms with Crippen LogP contribution < -0.4 is 20.9 Å². The van der Waals surface area contributed by atoms with Crippen LogP contribution in [0.15, 0.2) is 84.9 Å². The minimum Gasteiger partial charge on any atom is -0.369 e. The monoisotopic (exact) mass is 554 g/mol. The van der Waals surface area contributed by atoms with Crippen molar-refractivity contribution in [3.8, 4) is 0 Å². The third kappa shape index (κ3) is 7.34. The summed E-state index contributed by atoms with van der Waals surface area (Å²) >= 11 is 0. The van der Waals surface area contributed by atoms with Crippen LogP contribution in [0.2, 0.25) is 0 Å². The van der Waals surface area contributed by atoms with Crippen LogP contribution in [0.3, 0.4) is 0 Å². The number of carbonyl (C=O) groups is 3. The first kappa shape index (κ1) is 29.8. The number of nitrogens with one attached hydrogen (secondary N) is 1. The van der Waals surface area contributed by atoms with E-state index in [9.17, 15) is 14.4 Å². The molecule has 0 spiro atoms. The van der Waals surface area contributed by atoms with Gasteiger partial charge in [-0.15, -0.1) is 0 Å². The van der Waals surface area contributed by atoms with E-state index in [0.29, 0.717) is 25.8 Å². The topological polar surface area (TPSA) is 95.7 Å². The lowest BCUT2D eigenvalue weighted by Gasteiger charge is -2.30. The molecule has 0 fully saturated rings. The highest BCUT2D eigenvalue weighted by Gasteiger charge is 2.38. The molecular weight excluding hydrogens is 512 g/mol. The van der Waals surface area contributed by atoms with Gasteiger partial charge in [0, 0.05) is 24.1 Å². The second-order valence-electron chi connectivity index (χ2n) is 11.3. The maximum atomic E-state index is 14.3. The Balaban J connectivity index is 1.72. The molecule has 3 aromatic carbocycles. The standard InChI is InChI=1S/C34H42N4O3/c1-4-13-27(32(35)39)28(22-24(2)3)33(40)36-29-23-38(26-16-9-6-10-17-26)31-19-12-11-18-30(31)37(34(29)41)21-20-25-14-7-5-8-15-25/h5-12,14-19,24,27-29H,4,13,20-23H2,1-3H3,(H2,35,39)(H,36,40)/t27-,28+,29?/m0/s1. The van der Waals surface area contributed by atoms with Crippen molar-refractivity contribution in [1.82, 2.24) is 5.32 Å². The summed E-state index contributed by atoms with van der Waals surface area (Å²) in [7, 11) is 0. The van der Waals surface area contributed by atoms with E-state index in [1.807, 2.05) is 93.6 Å². The Hall–Kier alpha value is -4.13. The molecule has 3 atom stereocenters. The Labute approximate surface area is 243 Å². The lowest BCUT2D eigenvalue weighted by molar-refractivity contribution is -0.136. The Morgan fingerprint density at radius 3 is 2.12 bits per heavy atom. The molecule has 0 bridgehead atoms. The predicted molar refractivity (Wildman–Crippen MR) is 165 cm³/mol. The number of fused-ring (bicyclic) bond motifs is 1. The van der Waals surface area contributed by atoms with Crippen LogP contribution in [-0.2, 0) is 20.8 Å². The maximum Gasteiger partial charge on any atom is 0.251 e. The summed E-state index contributed by atoms with van der Waals surface area (Å²) in [6.07, 6.45) is 2.45. The van der Waals surface area contributed by atoms with E-state index in [4.69, 9.17) is 5.73 Å². The first-order valence-corrected chi connectivity index (χ1v) is 14.7. The maximum absolute atomic E-state index is 14.3. The highest BCUT2D eigenvalue weighted by atomic mass is 16.2. The summed E-state index contributed by atoms with van der Waals surface area (Å²) in [6.45, 7) is 6.76. The summed E-state index contributed by atoms with van der Waals surface area (Å²) in [5.74, 6) is -1.94. The van der Waals surface area contributed by atoms with Crippen molar-refractivity contribution in [2.24, 2.45) is 23.5 Å². The van der Waals surface area contributed by atoms with Crippen molar-refractivity contribution in [1.29, 1.82) is 0 Å². The molecule has 7 nitrogen and oxygen atoms in total. The minimum atomic E-state index is -0.823. The Morgan fingerprint density at radius 1 is 0.902 bits per heavy atom. The van der Waals surface area contributed by atoms with Gasteiger partial charge in [-0.25, -0.2) is 0 Å². The SMILES string of the molecule is CCC[C@H](C(N)=O)[C@@H](CC(C)C)C(=O)NC1CN(c2ccccc2)c2ccccc2N(CCc2ccccc2)C1=O. The first-order chi connectivity index (χ1) is 19.8. The van der Waals surface area contributed by atoms with Gasteiger partial charge in [-0.1, -0.05) is 87.9 Å². The molecule has 1 heterocycles. The summed E-state index contributed by atoms with van der Waals surface area (Å²) < 4.78 is 0. The van der Waals surface area contributed by atoms with Crippen molar-refractivity contribution in [2.75, 3.05) is 22.9 Å². The number of para-hydroxylation sites is 3. The Bertz CT molecular complexity index is 1310. The van der Waals surface area contributed by atoms with Crippen LogP contribution in [0.25, 0.3) is 0 Å².